The van der Waals surface area contributed by atoms with Crippen molar-refractivity contribution in [1.29, 1.82) is 0 Å². The van der Waals surface area contributed by atoms with Gasteiger partial charge in [0, 0.05) is 16.1 Å². The molecule has 0 amide bonds. The molecule has 0 saturated carbocycles. The summed E-state index contributed by atoms with van der Waals surface area (Å²) in [4.78, 5) is 0. The Morgan fingerprint density at radius 3 is 2.70 bits per heavy atom. The van der Waals surface area contributed by atoms with Gasteiger partial charge in [-0.15, -0.1) is 0 Å². The molecule has 0 bridgehead atoms. The fraction of sp³-hybridized carbons (Fsp3) is 0.294. The molecule has 2 nitrogen and oxygen atoms in total. The first-order valence-corrected chi connectivity index (χ1v) is 7.77. The van der Waals surface area contributed by atoms with Crippen LogP contribution in [0.15, 0.2) is 40.9 Å². The van der Waals surface area contributed by atoms with Crippen LogP contribution in [0.2, 0.25) is 0 Å². The van der Waals surface area contributed by atoms with Gasteiger partial charge in [-0.1, -0.05) is 28.1 Å². The van der Waals surface area contributed by atoms with E-state index in [4.69, 9.17) is 10.5 Å². The van der Waals surface area contributed by atoms with Crippen molar-refractivity contribution >= 4 is 15.9 Å². The van der Waals surface area contributed by atoms with Crippen molar-refractivity contribution in [3.05, 3.63) is 57.6 Å². The summed E-state index contributed by atoms with van der Waals surface area (Å²) in [7, 11) is 0. The van der Waals surface area contributed by atoms with Crippen LogP contribution in [0.5, 0.6) is 11.5 Å². The van der Waals surface area contributed by atoms with Gasteiger partial charge in [0.1, 0.15) is 11.5 Å². The van der Waals surface area contributed by atoms with Gasteiger partial charge in [-0.2, -0.15) is 0 Å². The Balaban J connectivity index is 1.93. The molecule has 0 spiro atoms. The topological polar surface area (TPSA) is 35.2 Å². The second kappa shape index (κ2) is 5.58. The molecule has 0 heterocycles. The number of aryl methyl sites for hydroxylation is 2. The molecule has 1 aliphatic carbocycles. The Morgan fingerprint density at radius 2 is 1.90 bits per heavy atom. The highest BCUT2D eigenvalue weighted by atomic mass is 79.9. The summed E-state index contributed by atoms with van der Waals surface area (Å²) < 4.78 is 7.07. The molecule has 104 valence electrons. The van der Waals surface area contributed by atoms with Gasteiger partial charge in [0.15, 0.2) is 0 Å². The summed E-state index contributed by atoms with van der Waals surface area (Å²) in [6, 6.07) is 12.3. The highest BCUT2D eigenvalue weighted by Gasteiger charge is 2.13. The van der Waals surface area contributed by atoms with Crippen LogP contribution in [0.3, 0.4) is 0 Å². The van der Waals surface area contributed by atoms with E-state index in [1.165, 1.54) is 24.0 Å². The minimum atomic E-state index is -0.0486. The monoisotopic (exact) mass is 331 g/mol. The van der Waals surface area contributed by atoms with Crippen molar-refractivity contribution in [1.82, 2.24) is 0 Å². The fourth-order valence-electron chi connectivity index (χ4n) is 2.71. The van der Waals surface area contributed by atoms with E-state index in [0.29, 0.717) is 0 Å². The lowest BCUT2D eigenvalue weighted by molar-refractivity contribution is 0.471. The van der Waals surface area contributed by atoms with E-state index in [1.807, 2.05) is 25.1 Å². The summed E-state index contributed by atoms with van der Waals surface area (Å²) in [5.74, 6) is 1.72. The molecule has 1 atom stereocenters. The van der Waals surface area contributed by atoms with Gasteiger partial charge >= 0.3 is 0 Å². The number of rotatable bonds is 3. The zero-order chi connectivity index (χ0) is 14.1. The second-order valence-electron chi connectivity index (χ2n) is 5.36. The van der Waals surface area contributed by atoms with Crippen LogP contribution >= 0.6 is 15.9 Å². The quantitative estimate of drug-likeness (QED) is 0.880. The zero-order valence-electron chi connectivity index (χ0n) is 11.5. The first-order chi connectivity index (χ1) is 9.63. The molecular formula is C17H18BrNO. The number of benzene rings is 2. The Labute approximate surface area is 128 Å². The van der Waals surface area contributed by atoms with Crippen LogP contribution in [0.25, 0.3) is 0 Å². The van der Waals surface area contributed by atoms with E-state index in [1.54, 1.807) is 0 Å². The van der Waals surface area contributed by atoms with Crippen molar-refractivity contribution in [3.8, 4) is 11.5 Å². The summed E-state index contributed by atoms with van der Waals surface area (Å²) in [6.07, 6.45) is 3.60. The van der Waals surface area contributed by atoms with Gasteiger partial charge < -0.3 is 10.5 Å². The zero-order valence-corrected chi connectivity index (χ0v) is 13.1. The molecule has 0 aromatic heterocycles. The summed E-state index contributed by atoms with van der Waals surface area (Å²) in [6.45, 7) is 1.97. The Morgan fingerprint density at radius 1 is 1.10 bits per heavy atom. The molecule has 20 heavy (non-hydrogen) atoms. The molecular weight excluding hydrogens is 314 g/mol. The number of hydrogen-bond acceptors (Lipinski definition) is 2. The van der Waals surface area contributed by atoms with E-state index in [0.717, 1.165) is 28.0 Å². The molecule has 2 N–H and O–H groups in total. The van der Waals surface area contributed by atoms with Crippen LogP contribution in [-0.4, -0.2) is 0 Å². The van der Waals surface area contributed by atoms with Crippen LogP contribution in [0, 0.1) is 0 Å². The lowest BCUT2D eigenvalue weighted by Crippen LogP contribution is -2.06. The predicted molar refractivity (Wildman–Crippen MR) is 85.3 cm³/mol. The molecule has 0 saturated heterocycles. The standard InChI is InChI=1S/C17H18BrNO/c1-11(19)16-8-6-14(18)10-17(16)20-15-7-5-12-3-2-4-13(12)9-15/h5-11H,2-4,19H2,1H3. The molecule has 0 aliphatic heterocycles. The SMILES string of the molecule is CC(N)c1ccc(Br)cc1Oc1ccc2c(c1)CCC2. The molecule has 3 heteroatoms. The molecule has 2 aromatic carbocycles. The van der Waals surface area contributed by atoms with Crippen molar-refractivity contribution in [2.45, 2.75) is 32.2 Å². The summed E-state index contributed by atoms with van der Waals surface area (Å²) in [5.41, 5.74) is 9.91. The maximum atomic E-state index is 6.07. The molecule has 0 fully saturated rings. The minimum absolute atomic E-state index is 0.0486. The van der Waals surface area contributed by atoms with Crippen LogP contribution in [0.1, 0.15) is 36.1 Å². The average molecular weight is 332 g/mol. The summed E-state index contributed by atoms with van der Waals surface area (Å²) >= 11 is 3.49. The minimum Gasteiger partial charge on any atom is -0.457 e. The number of halogens is 1. The van der Waals surface area contributed by atoms with Crippen molar-refractivity contribution in [2.24, 2.45) is 5.73 Å². The molecule has 0 radical (unpaired) electrons. The van der Waals surface area contributed by atoms with Gasteiger partial charge in [0.2, 0.25) is 0 Å². The average Bonchev–Trinajstić information content (AvgIpc) is 2.85. The third-order valence-electron chi connectivity index (χ3n) is 3.76. The van der Waals surface area contributed by atoms with Crippen LogP contribution < -0.4 is 10.5 Å². The van der Waals surface area contributed by atoms with E-state index in [2.05, 4.69) is 34.1 Å². The van der Waals surface area contributed by atoms with Gasteiger partial charge in [-0.25, -0.2) is 0 Å². The lowest BCUT2D eigenvalue weighted by atomic mass is 10.1. The Hall–Kier alpha value is -1.32. The normalized spacial score (nSPS) is 14.9. The third-order valence-corrected chi connectivity index (χ3v) is 4.26. The summed E-state index contributed by atoms with van der Waals surface area (Å²) in [5, 5.41) is 0. The van der Waals surface area contributed by atoms with Crippen LogP contribution in [-0.2, 0) is 12.8 Å². The van der Waals surface area contributed by atoms with Gasteiger partial charge in [0.25, 0.3) is 0 Å². The molecule has 2 aromatic rings. The maximum Gasteiger partial charge on any atom is 0.133 e. The smallest absolute Gasteiger partial charge is 0.133 e. The number of hydrogen-bond donors (Lipinski definition) is 1. The van der Waals surface area contributed by atoms with Gasteiger partial charge in [-0.05, 0) is 61.6 Å². The second-order valence-corrected chi connectivity index (χ2v) is 6.27. The molecule has 3 rings (SSSR count). The van der Waals surface area contributed by atoms with Gasteiger partial charge in [0.05, 0.1) is 0 Å². The first-order valence-electron chi connectivity index (χ1n) is 6.98. The Bertz CT molecular complexity index is 637. The van der Waals surface area contributed by atoms with Crippen molar-refractivity contribution in [3.63, 3.8) is 0 Å². The lowest BCUT2D eigenvalue weighted by Gasteiger charge is -2.15. The van der Waals surface area contributed by atoms with E-state index >= 15 is 0 Å². The van der Waals surface area contributed by atoms with E-state index < -0.39 is 0 Å². The van der Waals surface area contributed by atoms with Crippen molar-refractivity contribution < 1.29 is 4.74 Å². The maximum absolute atomic E-state index is 6.07. The van der Waals surface area contributed by atoms with Gasteiger partial charge in [-0.3, -0.25) is 0 Å². The van der Waals surface area contributed by atoms with Crippen molar-refractivity contribution in [2.75, 3.05) is 0 Å². The van der Waals surface area contributed by atoms with E-state index in [9.17, 15) is 0 Å². The highest BCUT2D eigenvalue weighted by Crippen LogP contribution is 2.33. The molecule has 1 unspecified atom stereocenters. The first kappa shape index (κ1) is 13.7. The highest BCUT2D eigenvalue weighted by molar-refractivity contribution is 9.10. The fourth-order valence-corrected chi connectivity index (χ4v) is 3.05. The van der Waals surface area contributed by atoms with E-state index in [-0.39, 0.29) is 6.04 Å². The predicted octanol–water partition coefficient (Wildman–Crippen LogP) is 4.75. The largest absolute Gasteiger partial charge is 0.457 e. The number of ether oxygens (including phenoxy) is 1. The van der Waals surface area contributed by atoms with Crippen LogP contribution in [0.4, 0.5) is 0 Å². The molecule has 1 aliphatic rings. The third kappa shape index (κ3) is 2.74. The Kier molecular flexibility index (Phi) is 3.81. The number of fused-ring (bicyclic) bond motifs is 1. The number of nitrogens with two attached hydrogens (primary N) is 1.